The first-order chi connectivity index (χ1) is 24.1. The molecule has 0 aliphatic rings. The summed E-state index contributed by atoms with van der Waals surface area (Å²) in [6, 6.07) is 39.4. The number of benzene rings is 6. The molecule has 2 nitrogen and oxygen atoms in total. The van der Waals surface area contributed by atoms with Crippen molar-refractivity contribution in [1.82, 2.24) is 9.13 Å². The summed E-state index contributed by atoms with van der Waals surface area (Å²) in [5.41, 5.74) is 6.00. The summed E-state index contributed by atoms with van der Waals surface area (Å²) in [6.45, 7) is 12.9. The van der Waals surface area contributed by atoms with Gasteiger partial charge in [0, 0.05) is 25.1 Å². The molecular formula is C45H38F3IN2. The number of halogens is 4. The van der Waals surface area contributed by atoms with Gasteiger partial charge in [0.2, 0.25) is 0 Å². The zero-order valence-electron chi connectivity index (χ0n) is 29.5. The van der Waals surface area contributed by atoms with Crippen molar-refractivity contribution < 1.29 is 13.2 Å². The first-order valence-electron chi connectivity index (χ1n) is 17.2. The maximum absolute atomic E-state index is 16.1. The molecule has 0 fully saturated rings. The number of hydrogen-bond acceptors (Lipinski definition) is 0. The topological polar surface area (TPSA) is 9.86 Å². The first kappa shape index (κ1) is 33.6. The second-order valence-electron chi connectivity index (χ2n) is 15.6. The Bertz CT molecular complexity index is 2510. The lowest BCUT2D eigenvalue weighted by atomic mass is 9.86. The fourth-order valence-corrected chi connectivity index (χ4v) is 8.03. The Morgan fingerprint density at radius 2 is 0.902 bits per heavy atom. The Morgan fingerprint density at radius 1 is 0.451 bits per heavy atom. The van der Waals surface area contributed by atoms with E-state index in [0.29, 0.717) is 5.56 Å². The maximum atomic E-state index is 16.1. The molecule has 2 heterocycles. The van der Waals surface area contributed by atoms with Crippen LogP contribution in [0.5, 0.6) is 0 Å². The molecule has 0 radical (unpaired) electrons. The van der Waals surface area contributed by atoms with Crippen LogP contribution >= 0.6 is 22.6 Å². The lowest BCUT2D eigenvalue weighted by molar-refractivity contribution is -0.137. The van der Waals surface area contributed by atoms with Crippen LogP contribution in [-0.4, -0.2) is 9.13 Å². The molecule has 8 rings (SSSR count). The van der Waals surface area contributed by atoms with Gasteiger partial charge in [-0.15, -0.1) is 0 Å². The highest BCUT2D eigenvalue weighted by molar-refractivity contribution is 14.1. The van der Waals surface area contributed by atoms with Gasteiger partial charge in [0.15, 0.2) is 0 Å². The predicted molar refractivity (Wildman–Crippen MR) is 216 cm³/mol. The minimum atomic E-state index is -4.69. The molecular weight excluding hydrogens is 752 g/mol. The fraction of sp³-hybridized carbons (Fsp3) is 0.200. The second kappa shape index (κ2) is 11.7. The van der Waals surface area contributed by atoms with Crippen LogP contribution in [0.2, 0.25) is 0 Å². The van der Waals surface area contributed by atoms with Crippen molar-refractivity contribution in [3.8, 4) is 22.5 Å². The number of rotatable bonds is 3. The molecule has 6 heteroatoms. The highest BCUT2D eigenvalue weighted by Gasteiger charge is 2.39. The summed E-state index contributed by atoms with van der Waals surface area (Å²) in [7, 11) is 0. The summed E-state index contributed by atoms with van der Waals surface area (Å²) in [4.78, 5) is 0. The summed E-state index contributed by atoms with van der Waals surface area (Å²) >= 11 is 2.26. The van der Waals surface area contributed by atoms with E-state index in [1.165, 1.54) is 0 Å². The van der Waals surface area contributed by atoms with E-state index >= 15 is 13.2 Å². The van der Waals surface area contributed by atoms with E-state index < -0.39 is 11.7 Å². The lowest BCUT2D eigenvalue weighted by Crippen LogP contribution is -2.16. The van der Waals surface area contributed by atoms with Crippen LogP contribution in [0.1, 0.15) is 58.2 Å². The van der Waals surface area contributed by atoms with Crippen LogP contribution < -0.4 is 0 Å². The van der Waals surface area contributed by atoms with Gasteiger partial charge in [-0.3, -0.25) is 0 Å². The van der Waals surface area contributed by atoms with Gasteiger partial charge in [-0.25, -0.2) is 0 Å². The van der Waals surface area contributed by atoms with Crippen molar-refractivity contribution in [1.29, 1.82) is 0 Å². The van der Waals surface area contributed by atoms with Crippen LogP contribution in [0.15, 0.2) is 121 Å². The molecule has 0 spiro atoms. The molecule has 0 aliphatic carbocycles. The van der Waals surface area contributed by atoms with Gasteiger partial charge in [-0.05, 0) is 116 Å². The third kappa shape index (κ3) is 5.63. The lowest BCUT2D eigenvalue weighted by Gasteiger charge is -2.24. The quantitative estimate of drug-likeness (QED) is 0.158. The number of alkyl halides is 3. The molecule has 0 N–H and O–H groups in total. The molecule has 51 heavy (non-hydrogen) atoms. The third-order valence-electron chi connectivity index (χ3n) is 10.1. The molecule has 0 aliphatic heterocycles. The van der Waals surface area contributed by atoms with Crippen molar-refractivity contribution in [3.63, 3.8) is 0 Å². The number of para-hydroxylation sites is 2. The van der Waals surface area contributed by atoms with Gasteiger partial charge >= 0.3 is 6.18 Å². The Labute approximate surface area is 309 Å². The number of hydrogen-bond donors (Lipinski definition) is 0. The second-order valence-corrected chi connectivity index (χ2v) is 16.8. The maximum Gasteiger partial charge on any atom is 0.420 e. The van der Waals surface area contributed by atoms with Gasteiger partial charge < -0.3 is 9.13 Å². The molecule has 8 aromatic rings. The van der Waals surface area contributed by atoms with Crippen LogP contribution in [0.25, 0.3) is 66.1 Å². The largest absolute Gasteiger partial charge is 0.420 e. The normalized spacial score (nSPS) is 12.9. The van der Waals surface area contributed by atoms with Crippen LogP contribution in [0.3, 0.4) is 0 Å². The smallest absolute Gasteiger partial charge is 0.309 e. The average Bonchev–Trinajstić information content (AvgIpc) is 3.59. The van der Waals surface area contributed by atoms with Crippen molar-refractivity contribution in [3.05, 3.63) is 142 Å². The SMILES string of the molecule is CC(C)(C)c1ccc2c(c1)c1ccccc1n2-c1cc(-c2cccc(I)c2)cc(-n2c3ccccc3c3cc(C(C)(C)C)ccc32)c1C(F)(F)F. The molecule has 0 unspecified atom stereocenters. The van der Waals surface area contributed by atoms with Crippen molar-refractivity contribution in [2.45, 2.75) is 58.5 Å². The van der Waals surface area contributed by atoms with Crippen LogP contribution in [0.4, 0.5) is 13.2 Å². The summed E-state index contributed by atoms with van der Waals surface area (Å²) in [6.07, 6.45) is -4.69. The Kier molecular flexibility index (Phi) is 7.73. The molecule has 0 saturated heterocycles. The molecule has 0 amide bonds. The van der Waals surface area contributed by atoms with Crippen molar-refractivity contribution in [2.75, 3.05) is 0 Å². The summed E-state index contributed by atoms with van der Waals surface area (Å²) in [5.74, 6) is 0. The van der Waals surface area contributed by atoms with Gasteiger partial charge in [-0.2, -0.15) is 13.2 Å². The van der Waals surface area contributed by atoms with Crippen LogP contribution in [-0.2, 0) is 17.0 Å². The van der Waals surface area contributed by atoms with Crippen LogP contribution in [0, 0.1) is 3.57 Å². The molecule has 0 atom stereocenters. The zero-order chi connectivity index (χ0) is 36.0. The molecule has 2 aromatic heterocycles. The van der Waals surface area contributed by atoms with E-state index in [1.807, 2.05) is 94.1 Å². The predicted octanol–water partition coefficient (Wildman–Crippen LogP) is 13.8. The molecule has 6 aromatic carbocycles. The van der Waals surface area contributed by atoms with Crippen molar-refractivity contribution in [2.24, 2.45) is 0 Å². The first-order valence-corrected chi connectivity index (χ1v) is 18.3. The summed E-state index contributed by atoms with van der Waals surface area (Å²) < 4.78 is 53.0. The monoisotopic (exact) mass is 790 g/mol. The zero-order valence-corrected chi connectivity index (χ0v) is 31.6. The van der Waals surface area contributed by atoms with E-state index in [1.54, 1.807) is 12.1 Å². The highest BCUT2D eigenvalue weighted by atomic mass is 127. The van der Waals surface area contributed by atoms with Crippen molar-refractivity contribution >= 4 is 66.2 Å². The Hall–Kier alpha value is -4.56. The van der Waals surface area contributed by atoms with E-state index in [0.717, 1.165) is 63.9 Å². The van der Waals surface area contributed by atoms with E-state index in [2.05, 4.69) is 88.4 Å². The average molecular weight is 791 g/mol. The van der Waals surface area contributed by atoms with Gasteiger partial charge in [-0.1, -0.05) is 102 Å². The third-order valence-corrected chi connectivity index (χ3v) is 10.8. The van der Waals surface area contributed by atoms with E-state index in [4.69, 9.17) is 0 Å². The standard InChI is InChI=1S/C45H38F3IN2/c1-43(2,3)29-18-20-38-34(25-29)32-14-7-9-16-36(32)50(38)40-23-28(27-12-11-13-31(49)22-27)24-41(42(40)45(46,47)48)51-37-17-10-8-15-33(37)35-26-30(44(4,5)6)19-21-39(35)51/h7-26H,1-6H3. The van der Waals surface area contributed by atoms with Gasteiger partial charge in [0.1, 0.15) is 5.56 Å². The van der Waals surface area contributed by atoms with E-state index in [9.17, 15) is 0 Å². The summed E-state index contributed by atoms with van der Waals surface area (Å²) in [5, 5.41) is 3.69. The Balaban J connectivity index is 1.57. The number of nitrogens with zero attached hydrogens (tertiary/aromatic N) is 2. The fourth-order valence-electron chi connectivity index (χ4n) is 7.49. The van der Waals surface area contributed by atoms with Gasteiger partial charge in [0.05, 0.1) is 33.4 Å². The minimum Gasteiger partial charge on any atom is -0.309 e. The molecule has 0 saturated carbocycles. The van der Waals surface area contributed by atoms with E-state index in [-0.39, 0.29) is 22.2 Å². The Morgan fingerprint density at radius 3 is 1.33 bits per heavy atom. The number of fused-ring (bicyclic) bond motifs is 6. The van der Waals surface area contributed by atoms with Gasteiger partial charge in [0.25, 0.3) is 0 Å². The number of aromatic nitrogens is 2. The minimum absolute atomic E-state index is 0.0980. The highest BCUT2D eigenvalue weighted by Crippen LogP contribution is 2.47. The molecule has 0 bridgehead atoms. The molecule has 256 valence electrons.